The minimum atomic E-state index is -3.77. The van der Waals surface area contributed by atoms with E-state index >= 15 is 17.6 Å². The molecule has 0 bridgehead atoms. The summed E-state index contributed by atoms with van der Waals surface area (Å²) in [6, 6.07) is 1.23. The zero-order valence-electron chi connectivity index (χ0n) is 22.7. The van der Waals surface area contributed by atoms with Gasteiger partial charge in [0.05, 0.1) is 16.2 Å². The van der Waals surface area contributed by atoms with Crippen molar-refractivity contribution in [3.63, 3.8) is 0 Å². The van der Waals surface area contributed by atoms with Gasteiger partial charge < -0.3 is 9.31 Å². The number of halogens is 17. The van der Waals surface area contributed by atoms with Gasteiger partial charge in [0.15, 0.2) is 93.0 Å². The lowest BCUT2D eigenvalue weighted by molar-refractivity contribution is 0.358. The van der Waals surface area contributed by atoms with Gasteiger partial charge in [-0.1, -0.05) is 6.07 Å². The Morgan fingerprint density at radius 3 is 1.39 bits per heavy atom. The van der Waals surface area contributed by atoms with E-state index in [-0.39, 0.29) is 0 Å². The molecule has 1 aliphatic rings. The Labute approximate surface area is 259 Å². The molecular weight excluding hydrogens is 714 g/mol. The van der Waals surface area contributed by atoms with Crippen LogP contribution in [0.4, 0.5) is 74.6 Å². The van der Waals surface area contributed by atoms with Crippen LogP contribution >= 0.6 is 0 Å². The molecule has 0 atom stereocenters. The number of hydrogen-bond acceptors (Lipinski definition) is 2. The Balaban J connectivity index is 1.68. The van der Waals surface area contributed by atoms with Crippen molar-refractivity contribution in [2.24, 2.45) is 0 Å². The number of benzene rings is 5. The van der Waals surface area contributed by atoms with Gasteiger partial charge in [-0.05, 0) is 11.6 Å². The van der Waals surface area contributed by atoms with Crippen LogP contribution in [-0.2, 0) is 6.42 Å². The number of fused-ring (bicyclic) bond motifs is 4. The van der Waals surface area contributed by atoms with Gasteiger partial charge >= 0.3 is 7.12 Å². The van der Waals surface area contributed by atoms with Crippen molar-refractivity contribution >= 4 is 23.4 Å². The van der Waals surface area contributed by atoms with Gasteiger partial charge in [0.1, 0.15) is 5.75 Å². The molecule has 0 fully saturated rings. The normalized spacial score (nSPS) is 12.1. The van der Waals surface area contributed by atoms with Crippen LogP contribution in [0.25, 0.3) is 21.9 Å². The lowest BCUT2D eigenvalue weighted by atomic mass is 9.76. The molecule has 1 aliphatic carbocycles. The van der Waals surface area contributed by atoms with Gasteiger partial charge in [-0.2, -0.15) is 8.78 Å². The highest BCUT2D eigenvalue weighted by Crippen LogP contribution is 2.47. The van der Waals surface area contributed by atoms with E-state index < -0.39 is 162 Å². The lowest BCUT2D eigenvalue weighted by Gasteiger charge is -2.22. The summed E-state index contributed by atoms with van der Waals surface area (Å²) < 4.78 is 257. The fourth-order valence-electron chi connectivity index (χ4n) is 5.20. The van der Waals surface area contributed by atoms with Crippen molar-refractivity contribution in [3.8, 4) is 22.6 Å². The summed E-state index contributed by atoms with van der Waals surface area (Å²) >= 11 is 0. The van der Waals surface area contributed by atoms with Gasteiger partial charge in [-0.25, -0.2) is 65.9 Å². The van der Waals surface area contributed by atoms with E-state index in [1.807, 2.05) is 0 Å². The minimum Gasteiger partial charge on any atom is -0.519 e. The highest BCUT2D eigenvalue weighted by Gasteiger charge is 2.44. The highest BCUT2D eigenvalue weighted by molar-refractivity contribution is 6.63. The van der Waals surface area contributed by atoms with Crippen LogP contribution in [0.2, 0.25) is 0 Å². The first kappa shape index (κ1) is 33.7. The first-order valence-corrected chi connectivity index (χ1v) is 12.7. The second-order valence-electron chi connectivity index (χ2n) is 10.0. The molecule has 254 valence electrons. The molecule has 0 N–H and O–H groups in total. The molecule has 0 aromatic heterocycles. The topological polar surface area (TPSA) is 18.5 Å². The molecule has 2 nitrogen and oxygen atoms in total. The predicted octanol–water partition coefficient (Wildman–Crippen LogP) is 8.63. The highest BCUT2D eigenvalue weighted by atomic mass is 19.2. The monoisotopic (exact) mass is 718 g/mol. The molecule has 5 aromatic carbocycles. The fraction of sp³-hybridized carbons (Fsp3) is 0.0345. The van der Waals surface area contributed by atoms with E-state index in [0.717, 1.165) is 6.07 Å². The van der Waals surface area contributed by atoms with Crippen LogP contribution in [0.15, 0.2) is 12.1 Å². The van der Waals surface area contributed by atoms with Gasteiger partial charge in [0, 0.05) is 23.1 Å². The summed E-state index contributed by atoms with van der Waals surface area (Å²) in [5.41, 5.74) is -6.40. The number of rotatable bonds is 5. The van der Waals surface area contributed by atoms with Gasteiger partial charge in [-0.15, -0.1) is 0 Å². The maximum atomic E-state index is 15.3. The van der Waals surface area contributed by atoms with Crippen LogP contribution in [-0.4, -0.2) is 7.12 Å². The minimum absolute atomic E-state index is 0.441. The second kappa shape index (κ2) is 11.5. The largest absolute Gasteiger partial charge is 0.639 e. The Morgan fingerprint density at radius 2 is 0.816 bits per heavy atom. The summed E-state index contributed by atoms with van der Waals surface area (Å²) in [4.78, 5) is 0. The van der Waals surface area contributed by atoms with Crippen molar-refractivity contribution < 1.29 is 83.9 Å². The summed E-state index contributed by atoms with van der Waals surface area (Å²) in [5.74, 6) is -49.6. The van der Waals surface area contributed by atoms with E-state index in [1.165, 1.54) is 0 Å². The maximum absolute atomic E-state index is 15.3. The summed E-state index contributed by atoms with van der Waals surface area (Å²) in [6.07, 6.45) is -0.970. The molecule has 5 aromatic rings. The Morgan fingerprint density at radius 1 is 0.388 bits per heavy atom. The summed E-state index contributed by atoms with van der Waals surface area (Å²) in [7, 11) is -3.77. The quantitative estimate of drug-likeness (QED) is 0.0770. The molecule has 20 heteroatoms. The second-order valence-corrected chi connectivity index (χ2v) is 10.0. The van der Waals surface area contributed by atoms with Crippen LogP contribution in [0.5, 0.6) is 11.5 Å². The van der Waals surface area contributed by atoms with Crippen molar-refractivity contribution in [3.05, 3.63) is 122 Å². The van der Waals surface area contributed by atoms with Crippen molar-refractivity contribution in [1.29, 1.82) is 0 Å². The van der Waals surface area contributed by atoms with Gasteiger partial charge in [-0.3, -0.25) is 0 Å². The smallest absolute Gasteiger partial charge is 0.519 e. The first-order valence-electron chi connectivity index (χ1n) is 12.7. The lowest BCUT2D eigenvalue weighted by Crippen LogP contribution is -2.48. The van der Waals surface area contributed by atoms with Gasteiger partial charge in [0.2, 0.25) is 11.6 Å². The summed E-state index contributed by atoms with van der Waals surface area (Å²) in [6.45, 7) is 0. The molecule has 0 saturated carbocycles. The Hall–Kier alpha value is -5.17. The molecule has 0 spiro atoms. The fourth-order valence-corrected chi connectivity index (χ4v) is 5.20. The van der Waals surface area contributed by atoms with Crippen LogP contribution < -0.4 is 14.8 Å². The van der Waals surface area contributed by atoms with E-state index in [1.54, 1.807) is 0 Å². The van der Waals surface area contributed by atoms with Crippen molar-refractivity contribution in [1.82, 2.24) is 0 Å². The molecular formula is C29H4BF17O2. The Kier molecular flexibility index (Phi) is 7.90. The zero-order chi connectivity index (χ0) is 36.1. The third kappa shape index (κ3) is 4.66. The van der Waals surface area contributed by atoms with E-state index in [0.29, 0.717) is 6.07 Å². The molecule has 0 heterocycles. The Bertz CT molecular complexity index is 2270. The molecule has 0 amide bonds. The molecule has 6 rings (SSSR count). The summed E-state index contributed by atoms with van der Waals surface area (Å²) in [5, 5.41) is -4.54. The van der Waals surface area contributed by atoms with E-state index in [9.17, 15) is 57.1 Å². The third-order valence-electron chi connectivity index (χ3n) is 7.41. The average Bonchev–Trinajstić information content (AvgIpc) is 3.47. The SMILES string of the molecule is Fc1ccc2c(c1F)-c1c(F)c(F)c(F)c(OB(Oc3c(F)c(F)c(F)c4c(F)c(F)c(F)c(F)c34)c3c(F)c(F)c(F)c(F)c3F)c1C2. The van der Waals surface area contributed by atoms with Crippen LogP contribution in [0.1, 0.15) is 11.1 Å². The van der Waals surface area contributed by atoms with Crippen LogP contribution in [0.3, 0.4) is 0 Å². The first-order chi connectivity index (χ1) is 22.9. The van der Waals surface area contributed by atoms with E-state index in [2.05, 4.69) is 4.65 Å². The van der Waals surface area contributed by atoms with Gasteiger partial charge in [0.25, 0.3) is 0 Å². The maximum Gasteiger partial charge on any atom is 0.639 e. The molecule has 0 radical (unpaired) electrons. The van der Waals surface area contributed by atoms with Crippen LogP contribution in [0, 0.1) is 98.9 Å². The zero-order valence-corrected chi connectivity index (χ0v) is 22.7. The van der Waals surface area contributed by atoms with E-state index in [4.69, 9.17) is 4.65 Å². The standard InChI is InChI=1S/C29H4BF17O2/c31-6-2-1-4-3-5-8(7(4)12(6)32)13(33)21(41)26(46)28(5)48-30(11-17(37)23(43)25(45)24(44)18(11)38)49-29-10-9(15(35)22(42)27(29)47)14(34)19(39)20(40)16(10)36/h1-2H,3H2. The molecule has 49 heavy (non-hydrogen) atoms. The average molecular weight is 718 g/mol. The molecule has 0 aliphatic heterocycles. The predicted molar refractivity (Wildman–Crippen MR) is 131 cm³/mol. The molecule has 0 unspecified atom stereocenters. The van der Waals surface area contributed by atoms with Crippen molar-refractivity contribution in [2.45, 2.75) is 6.42 Å². The van der Waals surface area contributed by atoms with Crippen molar-refractivity contribution in [2.75, 3.05) is 0 Å². The molecule has 0 saturated heterocycles. The third-order valence-corrected chi connectivity index (χ3v) is 7.41. The number of hydrogen-bond donors (Lipinski definition) is 0.